The fraction of sp³-hybridized carbons (Fsp3) is 0. The number of benzene rings is 2. The zero-order valence-corrected chi connectivity index (χ0v) is 14.3. The van der Waals surface area contributed by atoms with Gasteiger partial charge in [-0.05, 0) is 56.1 Å². The molecule has 0 radical (unpaired) electrons. The normalized spacial score (nSPS) is 10.4. The SMILES string of the molecule is Oc1cc(Cl)ccc1Oc1c(Br)cc(Br)cc1Br. The molecule has 0 aromatic heterocycles. The molecule has 0 spiro atoms. The molecule has 0 bridgehead atoms. The molecule has 2 aromatic carbocycles. The van der Waals surface area contributed by atoms with Gasteiger partial charge in [0.25, 0.3) is 0 Å². The van der Waals surface area contributed by atoms with E-state index in [0.717, 1.165) is 13.4 Å². The predicted molar refractivity (Wildman–Crippen MR) is 82.7 cm³/mol. The first-order chi connectivity index (χ1) is 8.47. The molecule has 94 valence electrons. The maximum absolute atomic E-state index is 9.74. The highest BCUT2D eigenvalue weighted by Gasteiger charge is 2.12. The van der Waals surface area contributed by atoms with Gasteiger partial charge in [-0.2, -0.15) is 0 Å². The molecule has 2 rings (SSSR count). The van der Waals surface area contributed by atoms with Gasteiger partial charge in [0.05, 0.1) is 8.95 Å². The van der Waals surface area contributed by atoms with Gasteiger partial charge in [0.15, 0.2) is 17.2 Å². The van der Waals surface area contributed by atoms with Crippen LogP contribution < -0.4 is 4.74 Å². The Labute approximate surface area is 134 Å². The fourth-order valence-corrected chi connectivity index (χ4v) is 3.90. The second kappa shape index (κ2) is 5.82. The number of rotatable bonds is 2. The van der Waals surface area contributed by atoms with E-state index in [4.69, 9.17) is 16.3 Å². The summed E-state index contributed by atoms with van der Waals surface area (Å²) in [5, 5.41) is 10.2. The Hall–Kier alpha value is -0.230. The largest absolute Gasteiger partial charge is 0.504 e. The van der Waals surface area contributed by atoms with Crippen LogP contribution in [-0.2, 0) is 0 Å². The van der Waals surface area contributed by atoms with Gasteiger partial charge in [-0.3, -0.25) is 0 Å². The van der Waals surface area contributed by atoms with E-state index in [1.165, 1.54) is 6.07 Å². The summed E-state index contributed by atoms with van der Waals surface area (Å²) in [4.78, 5) is 0. The van der Waals surface area contributed by atoms with E-state index in [1.54, 1.807) is 12.1 Å². The van der Waals surface area contributed by atoms with E-state index in [-0.39, 0.29) is 5.75 Å². The molecule has 0 fully saturated rings. The van der Waals surface area contributed by atoms with Crippen LogP contribution in [-0.4, -0.2) is 5.11 Å². The van der Waals surface area contributed by atoms with E-state index in [0.29, 0.717) is 16.5 Å². The summed E-state index contributed by atoms with van der Waals surface area (Å²) in [6, 6.07) is 8.40. The first-order valence-corrected chi connectivity index (χ1v) is 7.54. The van der Waals surface area contributed by atoms with Gasteiger partial charge in [-0.1, -0.05) is 27.5 Å². The van der Waals surface area contributed by atoms with Crippen LogP contribution in [0.5, 0.6) is 17.2 Å². The molecular formula is C12H6Br3ClO2. The monoisotopic (exact) mass is 454 g/mol. The molecule has 0 atom stereocenters. The molecule has 0 aliphatic carbocycles. The molecule has 2 aromatic rings. The van der Waals surface area contributed by atoms with Gasteiger partial charge in [0, 0.05) is 15.6 Å². The van der Waals surface area contributed by atoms with Crippen molar-refractivity contribution in [2.75, 3.05) is 0 Å². The Bertz CT molecular complexity index is 579. The third-order valence-electron chi connectivity index (χ3n) is 2.10. The first kappa shape index (κ1) is 14.2. The van der Waals surface area contributed by atoms with Gasteiger partial charge in [0.2, 0.25) is 0 Å². The van der Waals surface area contributed by atoms with Crippen molar-refractivity contribution < 1.29 is 9.84 Å². The molecule has 1 N–H and O–H groups in total. The van der Waals surface area contributed by atoms with Crippen molar-refractivity contribution in [2.45, 2.75) is 0 Å². The highest BCUT2D eigenvalue weighted by atomic mass is 79.9. The minimum Gasteiger partial charge on any atom is -0.504 e. The Morgan fingerprint density at radius 3 is 2.17 bits per heavy atom. The number of ether oxygens (including phenoxy) is 1. The molecule has 0 aliphatic rings. The van der Waals surface area contributed by atoms with Crippen LogP contribution in [0, 0.1) is 0 Å². The summed E-state index contributed by atoms with van der Waals surface area (Å²) < 4.78 is 8.09. The molecule has 0 amide bonds. The average molecular weight is 457 g/mol. The van der Waals surface area contributed by atoms with Gasteiger partial charge >= 0.3 is 0 Å². The molecule has 0 saturated heterocycles. The van der Waals surface area contributed by atoms with Crippen LogP contribution in [0.4, 0.5) is 0 Å². The quantitative estimate of drug-likeness (QED) is 0.589. The molecule has 0 unspecified atom stereocenters. The van der Waals surface area contributed by atoms with Crippen molar-refractivity contribution in [3.05, 3.63) is 48.8 Å². The third kappa shape index (κ3) is 3.20. The molecule has 0 heterocycles. The van der Waals surface area contributed by atoms with Crippen LogP contribution in [0.15, 0.2) is 43.7 Å². The molecule has 0 aliphatic heterocycles. The lowest BCUT2D eigenvalue weighted by molar-refractivity contribution is 0.409. The van der Waals surface area contributed by atoms with Crippen molar-refractivity contribution in [1.82, 2.24) is 0 Å². The summed E-state index contributed by atoms with van der Waals surface area (Å²) >= 11 is 15.9. The van der Waals surface area contributed by atoms with Crippen LogP contribution >= 0.6 is 59.4 Å². The lowest BCUT2D eigenvalue weighted by Crippen LogP contribution is -1.88. The van der Waals surface area contributed by atoms with Crippen molar-refractivity contribution >= 4 is 59.4 Å². The Kier molecular flexibility index (Phi) is 4.59. The number of phenols is 1. The van der Waals surface area contributed by atoms with Crippen molar-refractivity contribution in [3.8, 4) is 17.2 Å². The maximum atomic E-state index is 9.74. The highest BCUT2D eigenvalue weighted by molar-refractivity contribution is 9.11. The second-order valence-electron chi connectivity index (χ2n) is 3.41. The van der Waals surface area contributed by atoms with Gasteiger partial charge in [-0.25, -0.2) is 0 Å². The van der Waals surface area contributed by atoms with Crippen LogP contribution in [0.1, 0.15) is 0 Å². The summed E-state index contributed by atoms with van der Waals surface area (Å²) in [5.41, 5.74) is 0. The standard InChI is InChI=1S/C12H6Br3ClO2/c13-6-3-8(14)12(9(15)4-6)18-11-2-1-7(16)5-10(11)17/h1-5,17H. The Morgan fingerprint density at radius 1 is 1.00 bits per heavy atom. The lowest BCUT2D eigenvalue weighted by atomic mass is 10.3. The van der Waals surface area contributed by atoms with E-state index in [2.05, 4.69) is 47.8 Å². The van der Waals surface area contributed by atoms with Crippen LogP contribution in [0.3, 0.4) is 0 Å². The van der Waals surface area contributed by atoms with Crippen LogP contribution in [0.25, 0.3) is 0 Å². The van der Waals surface area contributed by atoms with E-state index >= 15 is 0 Å². The van der Waals surface area contributed by atoms with E-state index < -0.39 is 0 Å². The van der Waals surface area contributed by atoms with Crippen molar-refractivity contribution in [3.63, 3.8) is 0 Å². The van der Waals surface area contributed by atoms with E-state index in [9.17, 15) is 5.11 Å². The van der Waals surface area contributed by atoms with Gasteiger partial charge in [-0.15, -0.1) is 0 Å². The zero-order valence-electron chi connectivity index (χ0n) is 8.75. The van der Waals surface area contributed by atoms with Crippen LogP contribution in [0.2, 0.25) is 5.02 Å². The molecule has 2 nitrogen and oxygen atoms in total. The van der Waals surface area contributed by atoms with E-state index in [1.807, 2.05) is 12.1 Å². The minimum absolute atomic E-state index is 0.00998. The number of aromatic hydroxyl groups is 1. The number of hydrogen-bond acceptors (Lipinski definition) is 2. The predicted octanol–water partition coefficient (Wildman–Crippen LogP) is 6.13. The Balaban J connectivity index is 2.40. The molecule has 6 heteroatoms. The summed E-state index contributed by atoms with van der Waals surface area (Å²) in [6.45, 7) is 0. The summed E-state index contributed by atoms with van der Waals surface area (Å²) in [6.07, 6.45) is 0. The summed E-state index contributed by atoms with van der Waals surface area (Å²) in [5.74, 6) is 0.906. The number of phenolic OH excluding ortho intramolecular Hbond substituents is 1. The zero-order chi connectivity index (χ0) is 13.3. The minimum atomic E-state index is -0.00998. The first-order valence-electron chi connectivity index (χ1n) is 4.78. The number of hydrogen-bond donors (Lipinski definition) is 1. The smallest absolute Gasteiger partial charge is 0.169 e. The topological polar surface area (TPSA) is 29.5 Å². The maximum Gasteiger partial charge on any atom is 0.169 e. The third-order valence-corrected chi connectivity index (χ3v) is 3.97. The van der Waals surface area contributed by atoms with Gasteiger partial charge in [0.1, 0.15) is 0 Å². The van der Waals surface area contributed by atoms with Gasteiger partial charge < -0.3 is 9.84 Å². The lowest BCUT2D eigenvalue weighted by Gasteiger charge is -2.11. The molecular weight excluding hydrogens is 451 g/mol. The second-order valence-corrected chi connectivity index (χ2v) is 6.47. The van der Waals surface area contributed by atoms with Crippen molar-refractivity contribution in [2.24, 2.45) is 0 Å². The van der Waals surface area contributed by atoms with Crippen molar-refractivity contribution in [1.29, 1.82) is 0 Å². The Morgan fingerprint density at radius 2 is 1.61 bits per heavy atom. The molecule has 18 heavy (non-hydrogen) atoms. The highest BCUT2D eigenvalue weighted by Crippen LogP contribution is 2.41. The average Bonchev–Trinajstić information content (AvgIpc) is 2.25. The molecule has 0 saturated carbocycles. The summed E-state index contributed by atoms with van der Waals surface area (Å²) in [7, 11) is 0. The fourth-order valence-electron chi connectivity index (χ4n) is 1.31. The number of halogens is 4.